The van der Waals surface area contributed by atoms with Crippen molar-refractivity contribution in [1.29, 1.82) is 0 Å². The van der Waals surface area contributed by atoms with Gasteiger partial charge in [-0.1, -0.05) is 72.3 Å². The summed E-state index contributed by atoms with van der Waals surface area (Å²) in [5.74, 6) is -3.41. The highest BCUT2D eigenvalue weighted by atomic mass is 35.5. The van der Waals surface area contributed by atoms with Crippen molar-refractivity contribution in [3.8, 4) is 0 Å². The van der Waals surface area contributed by atoms with Crippen LogP contribution in [0.25, 0.3) is 0 Å². The highest BCUT2D eigenvalue weighted by molar-refractivity contribution is 6.34. The van der Waals surface area contributed by atoms with E-state index in [1.165, 1.54) is 4.90 Å². The van der Waals surface area contributed by atoms with Gasteiger partial charge in [0, 0.05) is 6.54 Å². The molecule has 4 aliphatic rings. The number of anilines is 1. The van der Waals surface area contributed by atoms with Crippen molar-refractivity contribution in [3.05, 3.63) is 89.0 Å². The van der Waals surface area contributed by atoms with Gasteiger partial charge in [-0.15, -0.1) is 0 Å². The third kappa shape index (κ3) is 3.69. The Morgan fingerprint density at radius 2 is 1.79 bits per heavy atom. The number of hydrogen-bond acceptors (Lipinski definition) is 6. The van der Waals surface area contributed by atoms with Crippen molar-refractivity contribution >= 4 is 35.1 Å². The van der Waals surface area contributed by atoms with Gasteiger partial charge in [0.25, 0.3) is 5.91 Å². The fourth-order valence-corrected chi connectivity index (χ4v) is 7.15. The summed E-state index contributed by atoms with van der Waals surface area (Å²) in [7, 11) is 0. The molecular weight excluding hydrogens is 520 g/mol. The lowest BCUT2D eigenvalue weighted by Gasteiger charge is -2.40. The number of para-hydroxylation sites is 1. The molecule has 202 valence electrons. The SMILES string of the molecule is Cc1cccc(Cl)c1N1CC=C[C@]23O[C@]4(C)C=CCOC(=O)[C@@H]4[C@H]2C(=O)N([C@H](CO)c2ccccc2)C3C1=O. The van der Waals surface area contributed by atoms with Gasteiger partial charge >= 0.3 is 5.97 Å². The minimum atomic E-state index is -1.47. The number of halogens is 1. The van der Waals surface area contributed by atoms with Crippen LogP contribution in [0.5, 0.6) is 0 Å². The molecule has 9 heteroatoms. The predicted molar refractivity (Wildman–Crippen MR) is 144 cm³/mol. The van der Waals surface area contributed by atoms with Gasteiger partial charge in [-0.25, -0.2) is 0 Å². The van der Waals surface area contributed by atoms with E-state index in [1.54, 1.807) is 54.3 Å². The fourth-order valence-electron chi connectivity index (χ4n) is 6.83. The van der Waals surface area contributed by atoms with E-state index in [4.69, 9.17) is 21.1 Å². The smallest absolute Gasteiger partial charge is 0.313 e. The molecule has 0 bridgehead atoms. The molecule has 2 amide bonds. The number of aliphatic hydroxyl groups excluding tert-OH is 1. The number of aliphatic hydroxyl groups is 1. The van der Waals surface area contributed by atoms with Gasteiger partial charge in [-0.05, 0) is 37.1 Å². The van der Waals surface area contributed by atoms with E-state index in [-0.39, 0.29) is 13.2 Å². The number of esters is 1. The number of carbonyl (C=O) groups excluding carboxylic acids is 3. The number of aryl methyl sites for hydroxylation is 1. The van der Waals surface area contributed by atoms with E-state index in [0.29, 0.717) is 16.3 Å². The number of benzene rings is 2. The second-order valence-corrected chi connectivity index (χ2v) is 11.0. The van der Waals surface area contributed by atoms with E-state index in [1.807, 2.05) is 37.3 Å². The minimum absolute atomic E-state index is 0.0763. The van der Waals surface area contributed by atoms with E-state index >= 15 is 0 Å². The number of rotatable bonds is 4. The molecule has 2 aromatic carbocycles. The van der Waals surface area contributed by atoms with Gasteiger partial charge in [0.1, 0.15) is 24.2 Å². The lowest BCUT2D eigenvalue weighted by molar-refractivity contribution is -0.157. The topological polar surface area (TPSA) is 96.4 Å². The molecule has 4 aliphatic heterocycles. The number of nitrogens with zero attached hydrogens (tertiary/aromatic N) is 2. The zero-order valence-electron chi connectivity index (χ0n) is 21.6. The lowest BCUT2D eigenvalue weighted by atomic mass is 9.75. The van der Waals surface area contributed by atoms with E-state index in [2.05, 4.69) is 0 Å². The van der Waals surface area contributed by atoms with Crippen molar-refractivity contribution < 1.29 is 29.0 Å². The highest BCUT2D eigenvalue weighted by Crippen LogP contribution is 2.58. The molecule has 0 radical (unpaired) electrons. The molecule has 6 rings (SSSR count). The van der Waals surface area contributed by atoms with E-state index in [0.717, 1.165) is 5.56 Å². The monoisotopic (exact) mass is 548 g/mol. The van der Waals surface area contributed by atoms with Crippen molar-refractivity contribution in [2.45, 2.75) is 37.1 Å². The lowest BCUT2D eigenvalue weighted by Crippen LogP contribution is -2.57. The normalized spacial score (nSPS) is 32.3. The molecule has 2 fully saturated rings. The summed E-state index contributed by atoms with van der Waals surface area (Å²) >= 11 is 6.60. The number of likely N-dealkylation sites (tertiary alicyclic amines) is 1. The summed E-state index contributed by atoms with van der Waals surface area (Å²) in [6, 6.07) is 12.4. The number of amides is 2. The van der Waals surface area contributed by atoms with Crippen molar-refractivity contribution in [1.82, 2.24) is 4.90 Å². The van der Waals surface area contributed by atoms with Gasteiger partial charge < -0.3 is 24.4 Å². The Bertz CT molecular complexity index is 1390. The average molecular weight is 549 g/mol. The van der Waals surface area contributed by atoms with Crippen LogP contribution in [0.2, 0.25) is 5.02 Å². The van der Waals surface area contributed by atoms with Gasteiger partial charge in [0.05, 0.1) is 34.9 Å². The molecule has 4 heterocycles. The summed E-state index contributed by atoms with van der Waals surface area (Å²) in [5.41, 5.74) is -0.638. The van der Waals surface area contributed by atoms with Crippen LogP contribution in [-0.2, 0) is 23.9 Å². The number of fused-ring (bicyclic) bond motifs is 2. The quantitative estimate of drug-likeness (QED) is 0.465. The molecule has 2 saturated heterocycles. The summed E-state index contributed by atoms with van der Waals surface area (Å²) in [5, 5.41) is 11.0. The average Bonchev–Trinajstić information content (AvgIpc) is 3.17. The zero-order valence-corrected chi connectivity index (χ0v) is 22.4. The fraction of sp³-hybridized carbons (Fsp3) is 0.367. The maximum absolute atomic E-state index is 14.7. The molecule has 0 aromatic heterocycles. The van der Waals surface area contributed by atoms with Crippen molar-refractivity contribution in [3.63, 3.8) is 0 Å². The first-order chi connectivity index (χ1) is 18.7. The van der Waals surface area contributed by atoms with Gasteiger partial charge in [0.2, 0.25) is 5.91 Å². The summed E-state index contributed by atoms with van der Waals surface area (Å²) in [6.45, 7) is 3.46. The first-order valence-corrected chi connectivity index (χ1v) is 13.4. The van der Waals surface area contributed by atoms with Crippen LogP contribution in [0.3, 0.4) is 0 Å². The minimum Gasteiger partial charge on any atom is -0.461 e. The Morgan fingerprint density at radius 3 is 2.51 bits per heavy atom. The first kappa shape index (κ1) is 25.8. The first-order valence-electron chi connectivity index (χ1n) is 13.0. The number of ether oxygens (including phenoxy) is 2. The number of carbonyl (C=O) groups is 3. The maximum atomic E-state index is 14.7. The Labute approximate surface area is 231 Å². The largest absolute Gasteiger partial charge is 0.461 e. The standard InChI is InChI=1S/C30H29ClN2O6/c1-18-9-6-12-20(31)24(18)32-15-7-14-30-22(23-28(37)38-16-8-13-29(23,2)39-30)26(35)33(25(30)27(32)36)21(17-34)19-10-4-3-5-11-19/h3-14,21-23,25,34H,15-17H2,1-2H3/t21-,22+,23+,25?,29-,30+/m1/s1. The van der Waals surface area contributed by atoms with Crippen LogP contribution in [-0.4, -0.2) is 64.8 Å². The molecule has 39 heavy (non-hydrogen) atoms. The zero-order chi connectivity index (χ0) is 27.5. The van der Waals surface area contributed by atoms with E-state index < -0.39 is 59.5 Å². The highest BCUT2D eigenvalue weighted by Gasteiger charge is 2.75. The van der Waals surface area contributed by atoms with Gasteiger partial charge in [0.15, 0.2) is 0 Å². The van der Waals surface area contributed by atoms with Crippen molar-refractivity contribution in [2.75, 3.05) is 24.7 Å². The molecule has 0 saturated carbocycles. The summed E-state index contributed by atoms with van der Waals surface area (Å²) in [6.07, 6.45) is 7.01. The Morgan fingerprint density at radius 1 is 1.03 bits per heavy atom. The molecule has 1 spiro atoms. The van der Waals surface area contributed by atoms with Crippen LogP contribution in [0.4, 0.5) is 5.69 Å². The Kier molecular flexibility index (Phi) is 6.17. The molecular formula is C30H29ClN2O6. The molecule has 8 nitrogen and oxygen atoms in total. The molecule has 2 aromatic rings. The van der Waals surface area contributed by atoms with Crippen LogP contribution in [0.15, 0.2) is 72.8 Å². The number of cyclic esters (lactones) is 1. The van der Waals surface area contributed by atoms with Crippen LogP contribution < -0.4 is 4.90 Å². The van der Waals surface area contributed by atoms with Crippen LogP contribution in [0, 0.1) is 18.8 Å². The van der Waals surface area contributed by atoms with Crippen LogP contribution in [0.1, 0.15) is 24.1 Å². The molecule has 0 aliphatic carbocycles. The third-order valence-corrected chi connectivity index (χ3v) is 8.71. The van der Waals surface area contributed by atoms with Crippen LogP contribution >= 0.6 is 11.6 Å². The van der Waals surface area contributed by atoms with Crippen molar-refractivity contribution in [2.24, 2.45) is 11.8 Å². The molecule has 1 N–H and O–H groups in total. The second kappa shape index (κ2) is 9.33. The van der Waals surface area contributed by atoms with Gasteiger partial charge in [-0.2, -0.15) is 0 Å². The summed E-state index contributed by atoms with van der Waals surface area (Å²) < 4.78 is 12.2. The summed E-state index contributed by atoms with van der Waals surface area (Å²) in [4.78, 5) is 45.5. The second-order valence-electron chi connectivity index (χ2n) is 10.6. The third-order valence-electron chi connectivity index (χ3n) is 8.40. The molecule has 6 atom stereocenters. The number of hydrogen-bond donors (Lipinski definition) is 1. The Hall–Kier alpha value is -3.46. The van der Waals surface area contributed by atoms with E-state index in [9.17, 15) is 19.5 Å². The Balaban J connectivity index is 1.56. The predicted octanol–water partition coefficient (Wildman–Crippen LogP) is 3.37. The van der Waals surface area contributed by atoms with Gasteiger partial charge in [-0.3, -0.25) is 14.4 Å². The maximum Gasteiger partial charge on any atom is 0.313 e. The molecule has 1 unspecified atom stereocenters.